The van der Waals surface area contributed by atoms with E-state index in [0.717, 1.165) is 22.6 Å². The normalized spacial score (nSPS) is 16.6. The van der Waals surface area contributed by atoms with E-state index in [0.29, 0.717) is 30.3 Å². The maximum absolute atomic E-state index is 13.2. The summed E-state index contributed by atoms with van der Waals surface area (Å²) in [4.78, 5) is 14.8. The number of benzene rings is 2. The predicted molar refractivity (Wildman–Crippen MR) is 145 cm³/mol. The molecule has 0 amide bonds. The molecule has 3 aromatic heterocycles. The Hall–Kier alpha value is -4.00. The van der Waals surface area contributed by atoms with Crippen molar-refractivity contribution >= 4 is 32.3 Å². The standard InChI is InChI=1S/C26H24N6O4S2/c33-19-6-1-4-17(14-19)23-24(32-12-13-37-26(32)30-23)22-9-10-27-25(29-22)28-18-5-3-11-31(16-18)38(35,36)21-8-2-7-20(34)15-21/h1-2,4,6-10,12-15,18,33-34H,3,5,11,16H2,(H,27,28,29)/t18-/m1/s1. The number of piperidine rings is 1. The first-order valence-corrected chi connectivity index (χ1v) is 14.3. The fraction of sp³-hybridized carbons (Fsp3) is 0.192. The van der Waals surface area contributed by atoms with Gasteiger partial charge in [-0.05, 0) is 49.2 Å². The fourth-order valence-corrected chi connectivity index (χ4v) is 6.98. The van der Waals surface area contributed by atoms with Crippen LogP contribution in [-0.2, 0) is 10.0 Å². The van der Waals surface area contributed by atoms with Crippen LogP contribution >= 0.6 is 11.3 Å². The molecule has 0 aliphatic carbocycles. The van der Waals surface area contributed by atoms with Crippen molar-refractivity contribution in [3.8, 4) is 34.1 Å². The van der Waals surface area contributed by atoms with Gasteiger partial charge in [-0.3, -0.25) is 4.40 Å². The van der Waals surface area contributed by atoms with Crippen molar-refractivity contribution in [1.29, 1.82) is 0 Å². The zero-order chi connectivity index (χ0) is 26.3. The first-order valence-electron chi connectivity index (χ1n) is 12.0. The Kier molecular flexibility index (Phi) is 6.22. The lowest BCUT2D eigenvalue weighted by Gasteiger charge is -2.32. The summed E-state index contributed by atoms with van der Waals surface area (Å²) in [6.45, 7) is 0.651. The van der Waals surface area contributed by atoms with E-state index in [2.05, 4.69) is 10.3 Å². The van der Waals surface area contributed by atoms with Gasteiger partial charge in [0.1, 0.15) is 17.2 Å². The van der Waals surface area contributed by atoms with Gasteiger partial charge in [0.15, 0.2) is 4.96 Å². The number of aromatic hydroxyl groups is 2. The second-order valence-electron chi connectivity index (χ2n) is 9.02. The van der Waals surface area contributed by atoms with Crippen LogP contribution in [0.5, 0.6) is 11.5 Å². The Morgan fingerprint density at radius 1 is 1.03 bits per heavy atom. The summed E-state index contributed by atoms with van der Waals surface area (Å²) in [5.41, 5.74) is 2.88. The third-order valence-electron chi connectivity index (χ3n) is 6.45. The Labute approximate surface area is 222 Å². The number of phenols is 2. The number of imidazole rings is 1. The number of rotatable bonds is 6. The second-order valence-corrected chi connectivity index (χ2v) is 11.8. The second kappa shape index (κ2) is 9.71. The summed E-state index contributed by atoms with van der Waals surface area (Å²) < 4.78 is 29.7. The van der Waals surface area contributed by atoms with E-state index in [1.165, 1.54) is 39.9 Å². The van der Waals surface area contributed by atoms with Crippen molar-refractivity contribution in [2.24, 2.45) is 0 Å². The van der Waals surface area contributed by atoms with Crippen LogP contribution in [0.15, 0.2) is 77.3 Å². The fourth-order valence-electron chi connectivity index (χ4n) is 4.70. The number of thiazole rings is 1. The molecule has 12 heteroatoms. The Balaban J connectivity index is 1.28. The molecular weight excluding hydrogens is 524 g/mol. The van der Waals surface area contributed by atoms with Gasteiger partial charge >= 0.3 is 0 Å². The topological polar surface area (TPSA) is 133 Å². The highest BCUT2D eigenvalue weighted by molar-refractivity contribution is 7.89. The van der Waals surface area contributed by atoms with Crippen molar-refractivity contribution in [3.05, 3.63) is 72.4 Å². The quantitative estimate of drug-likeness (QED) is 0.288. The molecule has 2 aromatic carbocycles. The van der Waals surface area contributed by atoms with Crippen LogP contribution in [0.2, 0.25) is 0 Å². The number of aromatic nitrogens is 4. The molecule has 0 spiro atoms. The molecule has 1 fully saturated rings. The highest BCUT2D eigenvalue weighted by Crippen LogP contribution is 2.35. The largest absolute Gasteiger partial charge is 0.508 e. The first kappa shape index (κ1) is 24.3. The van der Waals surface area contributed by atoms with E-state index >= 15 is 0 Å². The summed E-state index contributed by atoms with van der Waals surface area (Å²) in [5.74, 6) is 0.446. The summed E-state index contributed by atoms with van der Waals surface area (Å²) >= 11 is 1.50. The average Bonchev–Trinajstić information content (AvgIpc) is 3.51. The summed E-state index contributed by atoms with van der Waals surface area (Å²) in [6.07, 6.45) is 5.02. The smallest absolute Gasteiger partial charge is 0.243 e. The first-order chi connectivity index (χ1) is 18.4. The van der Waals surface area contributed by atoms with Gasteiger partial charge in [0.2, 0.25) is 16.0 Å². The number of hydrogen-bond donors (Lipinski definition) is 3. The van der Waals surface area contributed by atoms with Gasteiger partial charge in [0, 0.05) is 42.5 Å². The van der Waals surface area contributed by atoms with Gasteiger partial charge in [-0.1, -0.05) is 18.2 Å². The average molecular weight is 549 g/mol. The molecule has 5 aromatic rings. The molecule has 194 valence electrons. The molecule has 6 rings (SSSR count). The molecule has 1 aliphatic rings. The van der Waals surface area contributed by atoms with Crippen molar-refractivity contribution < 1.29 is 18.6 Å². The molecule has 0 unspecified atom stereocenters. The van der Waals surface area contributed by atoms with Crippen molar-refractivity contribution in [3.63, 3.8) is 0 Å². The Morgan fingerprint density at radius 2 is 1.84 bits per heavy atom. The highest BCUT2D eigenvalue weighted by atomic mass is 32.2. The molecule has 1 atom stereocenters. The monoisotopic (exact) mass is 548 g/mol. The molecule has 38 heavy (non-hydrogen) atoms. The molecule has 1 saturated heterocycles. The van der Waals surface area contributed by atoms with Gasteiger partial charge in [-0.15, -0.1) is 11.3 Å². The Bertz CT molecular complexity index is 1730. The summed E-state index contributed by atoms with van der Waals surface area (Å²) in [5, 5.41) is 25.0. The van der Waals surface area contributed by atoms with Crippen molar-refractivity contribution in [2.75, 3.05) is 18.4 Å². The number of anilines is 1. The molecule has 3 N–H and O–H groups in total. The van der Waals surface area contributed by atoms with Crippen LogP contribution < -0.4 is 5.32 Å². The number of phenolic OH excluding ortho intramolecular Hbond substituents is 2. The third kappa shape index (κ3) is 4.57. The minimum Gasteiger partial charge on any atom is -0.508 e. The summed E-state index contributed by atoms with van der Waals surface area (Å²) in [7, 11) is -3.75. The minimum atomic E-state index is -3.75. The maximum Gasteiger partial charge on any atom is 0.243 e. The lowest BCUT2D eigenvalue weighted by molar-refractivity contribution is 0.326. The summed E-state index contributed by atoms with van der Waals surface area (Å²) in [6, 6.07) is 14.3. The van der Waals surface area contributed by atoms with Crippen LogP contribution in [0.25, 0.3) is 27.6 Å². The van der Waals surface area contributed by atoms with Crippen molar-refractivity contribution in [2.45, 2.75) is 23.8 Å². The molecule has 0 saturated carbocycles. The van der Waals surface area contributed by atoms with Crippen LogP contribution in [0.1, 0.15) is 12.8 Å². The Morgan fingerprint density at radius 3 is 2.66 bits per heavy atom. The molecule has 4 heterocycles. The number of fused-ring (bicyclic) bond motifs is 1. The number of nitrogens with one attached hydrogen (secondary N) is 1. The molecule has 10 nitrogen and oxygen atoms in total. The van der Waals surface area contributed by atoms with Crippen LogP contribution in [0.3, 0.4) is 0 Å². The van der Waals surface area contributed by atoms with Crippen LogP contribution in [-0.4, -0.2) is 61.4 Å². The van der Waals surface area contributed by atoms with Crippen LogP contribution in [0.4, 0.5) is 5.95 Å². The molecular formula is C26H24N6O4S2. The van der Waals surface area contributed by atoms with Gasteiger partial charge < -0.3 is 15.5 Å². The van der Waals surface area contributed by atoms with Gasteiger partial charge in [-0.25, -0.2) is 23.4 Å². The molecule has 1 aliphatic heterocycles. The molecule has 0 bridgehead atoms. The zero-order valence-corrected chi connectivity index (χ0v) is 21.7. The number of nitrogens with zero attached hydrogens (tertiary/aromatic N) is 5. The molecule has 0 radical (unpaired) electrons. The van der Waals surface area contributed by atoms with E-state index in [9.17, 15) is 18.6 Å². The maximum atomic E-state index is 13.2. The van der Waals surface area contributed by atoms with Gasteiger partial charge in [-0.2, -0.15) is 4.31 Å². The van der Waals surface area contributed by atoms with E-state index in [1.807, 2.05) is 22.0 Å². The minimum absolute atomic E-state index is 0.0661. The third-order valence-corrected chi connectivity index (χ3v) is 9.07. The lowest BCUT2D eigenvalue weighted by atomic mass is 10.1. The predicted octanol–water partition coefficient (Wildman–Crippen LogP) is 4.20. The lowest BCUT2D eigenvalue weighted by Crippen LogP contribution is -2.45. The highest BCUT2D eigenvalue weighted by Gasteiger charge is 2.31. The number of hydrogen-bond acceptors (Lipinski definition) is 9. The number of sulfonamides is 1. The van der Waals surface area contributed by atoms with Gasteiger partial charge in [0.25, 0.3) is 0 Å². The van der Waals surface area contributed by atoms with E-state index < -0.39 is 10.0 Å². The van der Waals surface area contributed by atoms with Crippen molar-refractivity contribution in [1.82, 2.24) is 23.7 Å². The SMILES string of the molecule is O=S(=O)(c1cccc(O)c1)N1CCC[C@@H](Nc2nccc(-c3c(-c4cccc(O)c4)nc4sccn34)n2)C1. The van der Waals surface area contributed by atoms with E-state index in [1.54, 1.807) is 30.5 Å². The van der Waals surface area contributed by atoms with E-state index in [4.69, 9.17) is 9.97 Å². The van der Waals surface area contributed by atoms with Crippen LogP contribution in [0, 0.1) is 0 Å². The zero-order valence-electron chi connectivity index (χ0n) is 20.1. The van der Waals surface area contributed by atoms with E-state index in [-0.39, 0.29) is 29.0 Å². The van der Waals surface area contributed by atoms with Gasteiger partial charge in [0.05, 0.1) is 16.3 Å².